The molecule has 1 heterocycles. The average molecular weight is 255 g/mol. The van der Waals surface area contributed by atoms with Crippen LogP contribution in [0.1, 0.15) is 11.3 Å². The van der Waals surface area contributed by atoms with Crippen molar-refractivity contribution >= 4 is 0 Å². The maximum atomic E-state index is 5.50. The molecule has 0 saturated heterocycles. The summed E-state index contributed by atoms with van der Waals surface area (Å²) < 4.78 is 5.50. The number of benzene rings is 1. The fraction of sp³-hybridized carbons (Fsp3) is 0.267. The molecule has 0 amide bonds. The Morgan fingerprint density at radius 2 is 2.26 bits per heavy atom. The maximum absolute atomic E-state index is 5.50. The molecule has 0 aliphatic rings. The predicted octanol–water partition coefficient (Wildman–Crippen LogP) is 1.75. The van der Waals surface area contributed by atoms with Crippen molar-refractivity contribution in [2.45, 2.75) is 13.0 Å². The first-order valence-corrected chi connectivity index (χ1v) is 6.22. The maximum Gasteiger partial charge on any atom is 0.148 e. The number of hydrogen-bond donors (Lipinski definition) is 2. The molecule has 19 heavy (non-hydrogen) atoms. The fourth-order valence-corrected chi connectivity index (χ4v) is 1.78. The van der Waals surface area contributed by atoms with Crippen molar-refractivity contribution in [3.63, 3.8) is 0 Å². The third-order valence-electron chi connectivity index (χ3n) is 2.73. The number of ether oxygens (including phenoxy) is 1. The van der Waals surface area contributed by atoms with Crippen molar-refractivity contribution < 1.29 is 4.74 Å². The van der Waals surface area contributed by atoms with Crippen LogP contribution in [0.3, 0.4) is 0 Å². The molecule has 2 N–H and O–H groups in total. The number of rotatable bonds is 7. The monoisotopic (exact) mass is 255 g/mol. The fourth-order valence-electron chi connectivity index (χ4n) is 1.78. The molecule has 0 spiro atoms. The van der Waals surface area contributed by atoms with Gasteiger partial charge in [0.1, 0.15) is 12.4 Å². The lowest BCUT2D eigenvalue weighted by atomic mass is 10.2. The van der Waals surface area contributed by atoms with E-state index in [0.29, 0.717) is 6.61 Å². The lowest BCUT2D eigenvalue weighted by molar-refractivity contribution is 0.365. The third kappa shape index (κ3) is 4.16. The van der Waals surface area contributed by atoms with Gasteiger partial charge in [0.05, 0.1) is 6.33 Å². The van der Waals surface area contributed by atoms with Crippen LogP contribution in [0.2, 0.25) is 0 Å². The molecule has 4 nitrogen and oxygen atoms in total. The van der Waals surface area contributed by atoms with Gasteiger partial charge in [-0.3, -0.25) is 0 Å². The summed E-state index contributed by atoms with van der Waals surface area (Å²) >= 11 is 0. The molecule has 0 radical (unpaired) electrons. The highest BCUT2D eigenvalue weighted by Gasteiger charge is 2.02. The van der Waals surface area contributed by atoms with Gasteiger partial charge in [0.25, 0.3) is 0 Å². The molecule has 2 aromatic rings. The zero-order valence-corrected chi connectivity index (χ0v) is 10.7. The lowest BCUT2D eigenvalue weighted by Crippen LogP contribution is -2.17. The second-order valence-electron chi connectivity index (χ2n) is 4.10. The molecule has 1 aromatic heterocycles. The molecule has 0 aliphatic carbocycles. The second kappa shape index (κ2) is 7.24. The third-order valence-corrected chi connectivity index (χ3v) is 2.73. The van der Waals surface area contributed by atoms with Crippen molar-refractivity contribution in [2.75, 3.05) is 13.2 Å². The van der Waals surface area contributed by atoms with E-state index in [2.05, 4.69) is 21.2 Å². The molecule has 0 saturated carbocycles. The number of imidazole rings is 1. The van der Waals surface area contributed by atoms with Gasteiger partial charge in [-0.2, -0.15) is 0 Å². The summed E-state index contributed by atoms with van der Waals surface area (Å²) in [5.74, 6) is 3.32. The first-order valence-electron chi connectivity index (χ1n) is 6.22. The van der Waals surface area contributed by atoms with Crippen molar-refractivity contribution in [1.29, 1.82) is 0 Å². The molecular weight excluding hydrogens is 238 g/mol. The molecule has 0 aliphatic heterocycles. The number of nitrogens with one attached hydrogen (secondary N) is 2. The van der Waals surface area contributed by atoms with Crippen molar-refractivity contribution in [3.05, 3.63) is 48.0 Å². The molecule has 1 aromatic carbocycles. The van der Waals surface area contributed by atoms with Crippen LogP contribution in [0.4, 0.5) is 0 Å². The molecule has 98 valence electrons. The molecule has 0 unspecified atom stereocenters. The number of aromatic amines is 1. The number of H-pyrrole nitrogens is 1. The van der Waals surface area contributed by atoms with E-state index in [1.165, 1.54) is 0 Å². The smallest absolute Gasteiger partial charge is 0.148 e. The summed E-state index contributed by atoms with van der Waals surface area (Å²) in [4.78, 5) is 7.06. The normalized spacial score (nSPS) is 10.1. The highest BCUT2D eigenvalue weighted by Crippen LogP contribution is 2.17. The van der Waals surface area contributed by atoms with E-state index in [1.807, 2.05) is 30.5 Å². The molecule has 0 atom stereocenters. The summed E-state index contributed by atoms with van der Waals surface area (Å²) in [5, 5.41) is 3.38. The van der Waals surface area contributed by atoms with Gasteiger partial charge < -0.3 is 15.0 Å². The first-order chi connectivity index (χ1) is 9.40. The molecular formula is C15H17N3O. The van der Waals surface area contributed by atoms with Gasteiger partial charge in [0.15, 0.2) is 0 Å². The Labute approximate surface area is 113 Å². The Morgan fingerprint density at radius 3 is 3.05 bits per heavy atom. The van der Waals surface area contributed by atoms with Crippen molar-refractivity contribution in [2.24, 2.45) is 0 Å². The van der Waals surface area contributed by atoms with E-state index in [4.69, 9.17) is 11.2 Å². The van der Waals surface area contributed by atoms with Gasteiger partial charge in [0, 0.05) is 37.0 Å². The van der Waals surface area contributed by atoms with Crippen LogP contribution in [0.5, 0.6) is 5.75 Å². The Morgan fingerprint density at radius 1 is 1.37 bits per heavy atom. The van der Waals surface area contributed by atoms with Gasteiger partial charge in [-0.15, -0.1) is 6.42 Å². The van der Waals surface area contributed by atoms with Gasteiger partial charge in [-0.25, -0.2) is 4.98 Å². The van der Waals surface area contributed by atoms with Crippen LogP contribution < -0.4 is 10.1 Å². The first kappa shape index (κ1) is 13.2. The van der Waals surface area contributed by atoms with E-state index in [0.717, 1.165) is 36.5 Å². The van der Waals surface area contributed by atoms with E-state index in [9.17, 15) is 0 Å². The van der Waals surface area contributed by atoms with Gasteiger partial charge in [-0.1, -0.05) is 24.1 Å². The lowest BCUT2D eigenvalue weighted by Gasteiger charge is -2.10. The van der Waals surface area contributed by atoms with Crippen LogP contribution in [-0.4, -0.2) is 23.1 Å². The zero-order chi connectivity index (χ0) is 13.3. The highest BCUT2D eigenvalue weighted by atomic mass is 16.5. The minimum absolute atomic E-state index is 0.297. The number of hydrogen-bond acceptors (Lipinski definition) is 3. The highest BCUT2D eigenvalue weighted by molar-refractivity contribution is 5.33. The number of terminal acetylenes is 1. The van der Waals surface area contributed by atoms with Crippen LogP contribution in [0.15, 0.2) is 36.8 Å². The summed E-state index contributed by atoms with van der Waals surface area (Å²) in [7, 11) is 0. The van der Waals surface area contributed by atoms with E-state index in [-0.39, 0.29) is 0 Å². The summed E-state index contributed by atoms with van der Waals surface area (Å²) in [6.45, 7) is 1.94. The molecule has 0 bridgehead atoms. The van der Waals surface area contributed by atoms with Crippen LogP contribution in [-0.2, 0) is 13.0 Å². The van der Waals surface area contributed by atoms with Gasteiger partial charge >= 0.3 is 0 Å². The van der Waals surface area contributed by atoms with Crippen molar-refractivity contribution in [1.82, 2.24) is 15.3 Å². The SMILES string of the molecule is C#CCOc1ccccc1CNCCc1cnc[nH]1. The van der Waals surface area contributed by atoms with Crippen LogP contribution in [0, 0.1) is 12.3 Å². The van der Waals surface area contributed by atoms with Gasteiger partial charge in [0.2, 0.25) is 0 Å². The Bertz CT molecular complexity index is 529. The standard InChI is InChI=1S/C15H17N3O/c1-2-9-19-15-6-4-3-5-13(15)10-16-8-7-14-11-17-12-18-14/h1,3-6,11-12,16H,7-10H2,(H,17,18). The number of para-hydroxylation sites is 1. The predicted molar refractivity (Wildman–Crippen MR) is 74.8 cm³/mol. The quantitative estimate of drug-likeness (QED) is 0.585. The number of nitrogens with zero attached hydrogens (tertiary/aromatic N) is 1. The average Bonchev–Trinajstić information content (AvgIpc) is 2.95. The summed E-state index contributed by atoms with van der Waals surface area (Å²) in [6, 6.07) is 7.91. The second-order valence-corrected chi connectivity index (χ2v) is 4.10. The minimum Gasteiger partial charge on any atom is -0.481 e. The van der Waals surface area contributed by atoms with Crippen LogP contribution >= 0.6 is 0 Å². The largest absolute Gasteiger partial charge is 0.481 e. The van der Waals surface area contributed by atoms with Crippen LogP contribution in [0.25, 0.3) is 0 Å². The van der Waals surface area contributed by atoms with Crippen molar-refractivity contribution in [3.8, 4) is 18.1 Å². The number of aromatic nitrogens is 2. The van der Waals surface area contributed by atoms with E-state index in [1.54, 1.807) is 6.33 Å². The topological polar surface area (TPSA) is 49.9 Å². The van der Waals surface area contributed by atoms with E-state index < -0.39 is 0 Å². The zero-order valence-electron chi connectivity index (χ0n) is 10.7. The Kier molecular flexibility index (Phi) is 5.03. The molecule has 0 fully saturated rings. The Balaban J connectivity index is 1.80. The summed E-state index contributed by atoms with van der Waals surface area (Å²) in [5.41, 5.74) is 2.24. The van der Waals surface area contributed by atoms with E-state index >= 15 is 0 Å². The summed E-state index contributed by atoms with van der Waals surface area (Å²) in [6.07, 6.45) is 9.66. The molecule has 2 rings (SSSR count). The molecule has 4 heteroatoms. The van der Waals surface area contributed by atoms with Gasteiger partial charge in [-0.05, 0) is 6.07 Å². The Hall–Kier alpha value is -2.25. The minimum atomic E-state index is 0.297.